The van der Waals surface area contributed by atoms with Crippen molar-refractivity contribution in [2.24, 2.45) is 0 Å². The Balaban J connectivity index is 1.40. The number of ether oxygens (including phenoxy) is 1. The molecule has 0 fully saturated rings. The van der Waals surface area contributed by atoms with Crippen molar-refractivity contribution in [3.63, 3.8) is 0 Å². The zero-order chi connectivity index (χ0) is 22.5. The number of aromatic nitrogens is 1. The summed E-state index contributed by atoms with van der Waals surface area (Å²) in [4.78, 5) is 15.0. The van der Waals surface area contributed by atoms with E-state index in [1.54, 1.807) is 18.2 Å². The molecule has 3 N–H and O–H groups in total. The lowest BCUT2D eigenvalue weighted by Gasteiger charge is -2.15. The van der Waals surface area contributed by atoms with Gasteiger partial charge in [-0.1, -0.05) is 59.6 Å². The largest absolute Gasteiger partial charge is 0.489 e. The highest BCUT2D eigenvalue weighted by molar-refractivity contribution is 6.35. The highest BCUT2D eigenvalue weighted by Gasteiger charge is 2.19. The second-order valence-electron chi connectivity index (χ2n) is 7.47. The van der Waals surface area contributed by atoms with Crippen LogP contribution in [0.5, 0.6) is 5.75 Å². The molecular formula is C25H22Cl2N2O3. The molecule has 1 aromatic heterocycles. The van der Waals surface area contributed by atoms with E-state index in [1.165, 1.54) is 0 Å². The number of hydrogen-bond acceptors (Lipinski definition) is 3. The number of rotatable bonds is 9. The van der Waals surface area contributed by atoms with Gasteiger partial charge in [0, 0.05) is 45.7 Å². The monoisotopic (exact) mass is 468 g/mol. The van der Waals surface area contributed by atoms with Gasteiger partial charge in [-0.05, 0) is 41.5 Å². The van der Waals surface area contributed by atoms with E-state index in [1.807, 2.05) is 54.7 Å². The molecule has 5 nitrogen and oxygen atoms in total. The number of fused-ring (bicyclic) bond motifs is 1. The summed E-state index contributed by atoms with van der Waals surface area (Å²) in [6.07, 6.45) is 2.25. The van der Waals surface area contributed by atoms with Crippen LogP contribution in [0.2, 0.25) is 10.0 Å². The molecule has 0 saturated heterocycles. The molecule has 0 aliphatic carbocycles. The van der Waals surface area contributed by atoms with Gasteiger partial charge >= 0.3 is 5.97 Å². The van der Waals surface area contributed by atoms with Crippen LogP contribution in [0.3, 0.4) is 0 Å². The van der Waals surface area contributed by atoms with Crippen LogP contribution in [0.1, 0.15) is 16.7 Å². The van der Waals surface area contributed by atoms with Gasteiger partial charge in [0.1, 0.15) is 18.4 Å². The summed E-state index contributed by atoms with van der Waals surface area (Å²) in [5.41, 5.74) is 3.60. The molecule has 0 amide bonds. The number of benzene rings is 3. The first-order valence-corrected chi connectivity index (χ1v) is 10.9. The first-order valence-electron chi connectivity index (χ1n) is 10.2. The van der Waals surface area contributed by atoms with Gasteiger partial charge in [-0.2, -0.15) is 0 Å². The minimum atomic E-state index is -0.893. The molecule has 0 radical (unpaired) electrons. The quantitative estimate of drug-likeness (QED) is 0.288. The third kappa shape index (κ3) is 5.25. The molecule has 1 atom stereocenters. The fourth-order valence-corrected chi connectivity index (χ4v) is 4.09. The Labute approximate surface area is 195 Å². The van der Waals surface area contributed by atoms with Gasteiger partial charge in [-0.3, -0.25) is 4.79 Å². The number of halogens is 2. The maximum atomic E-state index is 11.9. The second kappa shape index (κ2) is 10.1. The number of nitrogens with one attached hydrogen (secondary N) is 2. The molecule has 4 aromatic rings. The molecule has 0 spiro atoms. The van der Waals surface area contributed by atoms with Gasteiger partial charge in [-0.15, -0.1) is 0 Å². The molecule has 7 heteroatoms. The SMILES string of the molecule is O=C(O)C(Cc1c[nH]c2ccccc12)NCc1cccc(OCc2c(Cl)cccc2Cl)c1. The van der Waals surface area contributed by atoms with Gasteiger partial charge in [0.15, 0.2) is 0 Å². The van der Waals surface area contributed by atoms with E-state index < -0.39 is 12.0 Å². The maximum absolute atomic E-state index is 11.9. The molecule has 3 aromatic carbocycles. The molecule has 1 heterocycles. The highest BCUT2D eigenvalue weighted by atomic mass is 35.5. The standard InChI is InChI=1S/C25H22Cl2N2O3/c26-21-8-4-9-22(27)20(21)15-32-18-6-3-5-16(11-18)13-28-24(25(30)31)12-17-14-29-23-10-2-1-7-19(17)23/h1-11,14,24,28-29H,12-13,15H2,(H,30,31). The molecule has 0 aliphatic rings. The average Bonchev–Trinajstić information content (AvgIpc) is 3.19. The van der Waals surface area contributed by atoms with Crippen molar-refractivity contribution in [3.8, 4) is 5.75 Å². The predicted octanol–water partition coefficient (Wildman–Crippen LogP) is 5.84. The van der Waals surface area contributed by atoms with Gasteiger partial charge in [-0.25, -0.2) is 0 Å². The van der Waals surface area contributed by atoms with Crippen LogP contribution in [-0.4, -0.2) is 22.1 Å². The fourth-order valence-electron chi connectivity index (χ4n) is 3.58. The van der Waals surface area contributed by atoms with Crippen LogP contribution in [0.15, 0.2) is 72.9 Å². The third-order valence-electron chi connectivity index (χ3n) is 5.29. The van der Waals surface area contributed by atoms with Crippen LogP contribution >= 0.6 is 23.2 Å². The van der Waals surface area contributed by atoms with Crippen molar-refractivity contribution in [2.75, 3.05) is 0 Å². The Morgan fingerprint density at radius 2 is 1.78 bits per heavy atom. The Hall–Kier alpha value is -2.99. The van der Waals surface area contributed by atoms with Crippen LogP contribution in [0.4, 0.5) is 0 Å². The van der Waals surface area contributed by atoms with E-state index >= 15 is 0 Å². The molecule has 0 aliphatic heterocycles. The molecule has 1 unspecified atom stereocenters. The number of carboxylic acids is 1. The van der Waals surface area contributed by atoms with Crippen LogP contribution in [0.25, 0.3) is 10.9 Å². The van der Waals surface area contributed by atoms with Crippen molar-refractivity contribution < 1.29 is 14.6 Å². The number of hydrogen-bond donors (Lipinski definition) is 3. The lowest BCUT2D eigenvalue weighted by molar-refractivity contribution is -0.139. The van der Waals surface area contributed by atoms with E-state index in [0.717, 1.165) is 27.6 Å². The summed E-state index contributed by atoms with van der Waals surface area (Å²) >= 11 is 12.4. The summed E-state index contributed by atoms with van der Waals surface area (Å²) in [7, 11) is 0. The first-order chi connectivity index (χ1) is 15.5. The zero-order valence-corrected chi connectivity index (χ0v) is 18.7. The fraction of sp³-hybridized carbons (Fsp3) is 0.160. The number of aromatic amines is 1. The minimum Gasteiger partial charge on any atom is -0.489 e. The topological polar surface area (TPSA) is 74.3 Å². The summed E-state index contributed by atoms with van der Waals surface area (Å²) in [6.45, 7) is 0.636. The van der Waals surface area contributed by atoms with Crippen LogP contribution < -0.4 is 10.1 Å². The van der Waals surface area contributed by atoms with Crippen molar-refractivity contribution in [1.29, 1.82) is 0 Å². The smallest absolute Gasteiger partial charge is 0.321 e. The number of carbonyl (C=O) groups is 1. The molecule has 0 bridgehead atoms. The maximum Gasteiger partial charge on any atom is 0.321 e. The van der Waals surface area contributed by atoms with E-state index in [2.05, 4.69) is 10.3 Å². The summed E-state index contributed by atoms with van der Waals surface area (Å²) < 4.78 is 5.86. The van der Waals surface area contributed by atoms with Gasteiger partial charge < -0.3 is 20.1 Å². The zero-order valence-electron chi connectivity index (χ0n) is 17.1. The first kappa shape index (κ1) is 22.2. The molecule has 164 valence electrons. The molecule has 4 rings (SSSR count). The molecule has 0 saturated carbocycles. The van der Waals surface area contributed by atoms with Gasteiger partial charge in [0.2, 0.25) is 0 Å². The van der Waals surface area contributed by atoms with Crippen molar-refractivity contribution in [3.05, 3.63) is 99.7 Å². The normalized spacial score (nSPS) is 12.1. The lowest BCUT2D eigenvalue weighted by atomic mass is 10.0. The average molecular weight is 469 g/mol. The second-order valence-corrected chi connectivity index (χ2v) is 8.29. The van der Waals surface area contributed by atoms with E-state index in [9.17, 15) is 9.90 Å². The highest BCUT2D eigenvalue weighted by Crippen LogP contribution is 2.26. The van der Waals surface area contributed by atoms with Crippen molar-refractivity contribution >= 4 is 40.1 Å². The number of para-hydroxylation sites is 1. The van der Waals surface area contributed by atoms with Crippen LogP contribution in [-0.2, 0) is 24.4 Å². The Morgan fingerprint density at radius 1 is 1.03 bits per heavy atom. The van der Waals surface area contributed by atoms with Crippen molar-refractivity contribution in [1.82, 2.24) is 10.3 Å². The van der Waals surface area contributed by atoms with E-state index in [0.29, 0.717) is 28.8 Å². The molecular weight excluding hydrogens is 447 g/mol. The Bertz CT molecular complexity index is 1220. The number of H-pyrrole nitrogens is 1. The van der Waals surface area contributed by atoms with Crippen LogP contribution in [0, 0.1) is 0 Å². The number of aliphatic carboxylic acids is 1. The van der Waals surface area contributed by atoms with E-state index in [-0.39, 0.29) is 6.61 Å². The molecule has 32 heavy (non-hydrogen) atoms. The van der Waals surface area contributed by atoms with Gasteiger partial charge in [0.05, 0.1) is 0 Å². The summed E-state index contributed by atoms with van der Waals surface area (Å²) in [5.74, 6) is -0.236. The lowest BCUT2D eigenvalue weighted by Crippen LogP contribution is -2.38. The summed E-state index contributed by atoms with van der Waals surface area (Å²) in [5, 5.41) is 15.0. The van der Waals surface area contributed by atoms with Crippen molar-refractivity contribution in [2.45, 2.75) is 25.6 Å². The summed E-state index contributed by atoms with van der Waals surface area (Å²) in [6, 6.07) is 20.0. The van der Waals surface area contributed by atoms with Gasteiger partial charge in [0.25, 0.3) is 0 Å². The predicted molar refractivity (Wildman–Crippen MR) is 128 cm³/mol. The third-order valence-corrected chi connectivity index (χ3v) is 6.00. The Morgan fingerprint density at radius 3 is 2.56 bits per heavy atom. The minimum absolute atomic E-state index is 0.244. The Kier molecular flexibility index (Phi) is 7.00. The van der Waals surface area contributed by atoms with E-state index in [4.69, 9.17) is 27.9 Å². The number of carboxylic acid groups (broad SMARTS) is 1.